The van der Waals surface area contributed by atoms with E-state index in [1.807, 2.05) is 6.07 Å². The largest absolute Gasteiger partial charge is 0.370 e. The molecular formula is C15H26IN3. The molecule has 0 atom stereocenters. The van der Waals surface area contributed by atoms with Gasteiger partial charge in [-0.15, -0.1) is 24.0 Å². The first kappa shape index (κ1) is 18.2. The Morgan fingerprint density at radius 3 is 2.53 bits per heavy atom. The fourth-order valence-corrected chi connectivity index (χ4v) is 1.71. The maximum atomic E-state index is 5.85. The molecule has 0 bridgehead atoms. The zero-order valence-corrected chi connectivity index (χ0v) is 14.7. The summed E-state index contributed by atoms with van der Waals surface area (Å²) in [6.07, 6.45) is 2.29. The topological polar surface area (TPSA) is 50.4 Å². The number of rotatable bonds is 5. The molecule has 4 heteroatoms. The molecule has 0 aliphatic heterocycles. The molecule has 0 amide bonds. The number of aliphatic imine (C=N–C) groups is 1. The van der Waals surface area contributed by atoms with Crippen molar-refractivity contribution in [3.05, 3.63) is 29.3 Å². The number of nitrogens with zero attached hydrogens (tertiary/aromatic N) is 1. The quantitative estimate of drug-likeness (QED) is 0.353. The zero-order chi connectivity index (χ0) is 13.5. The van der Waals surface area contributed by atoms with E-state index in [1.54, 1.807) is 0 Å². The van der Waals surface area contributed by atoms with Crippen molar-refractivity contribution in [1.29, 1.82) is 0 Å². The molecule has 1 aromatic carbocycles. The molecule has 0 saturated carbocycles. The third-order valence-corrected chi connectivity index (χ3v) is 3.00. The second kappa shape index (κ2) is 9.18. The van der Waals surface area contributed by atoms with Crippen LogP contribution in [0.15, 0.2) is 23.2 Å². The molecule has 3 N–H and O–H groups in total. The highest BCUT2D eigenvalue weighted by atomic mass is 127. The van der Waals surface area contributed by atoms with Crippen molar-refractivity contribution in [3.8, 4) is 0 Å². The molecule has 0 aliphatic carbocycles. The van der Waals surface area contributed by atoms with Gasteiger partial charge in [-0.3, -0.25) is 4.99 Å². The van der Waals surface area contributed by atoms with Crippen LogP contribution < -0.4 is 11.1 Å². The Balaban J connectivity index is 0.00000324. The van der Waals surface area contributed by atoms with Crippen LogP contribution in [0.2, 0.25) is 0 Å². The molecule has 0 aliphatic rings. The van der Waals surface area contributed by atoms with E-state index in [0.717, 1.165) is 24.6 Å². The van der Waals surface area contributed by atoms with E-state index < -0.39 is 0 Å². The van der Waals surface area contributed by atoms with E-state index in [0.29, 0.717) is 5.96 Å². The second-order valence-corrected chi connectivity index (χ2v) is 5.23. The monoisotopic (exact) mass is 375 g/mol. The van der Waals surface area contributed by atoms with Gasteiger partial charge < -0.3 is 11.1 Å². The van der Waals surface area contributed by atoms with Crippen LogP contribution in [0, 0.1) is 19.8 Å². The van der Waals surface area contributed by atoms with Crippen LogP contribution in [-0.2, 0) is 0 Å². The predicted molar refractivity (Wildman–Crippen MR) is 95.5 cm³/mol. The van der Waals surface area contributed by atoms with Gasteiger partial charge in [0.15, 0.2) is 5.96 Å². The summed E-state index contributed by atoms with van der Waals surface area (Å²) in [5.74, 6) is 1.23. The van der Waals surface area contributed by atoms with Crippen molar-refractivity contribution in [2.75, 3.05) is 11.9 Å². The van der Waals surface area contributed by atoms with Gasteiger partial charge in [0, 0.05) is 12.2 Å². The Morgan fingerprint density at radius 1 is 1.26 bits per heavy atom. The van der Waals surface area contributed by atoms with Crippen LogP contribution >= 0.6 is 24.0 Å². The minimum atomic E-state index is 0. The number of nitrogens with one attached hydrogen (secondary N) is 1. The molecule has 0 unspecified atom stereocenters. The number of anilines is 1. The normalized spacial score (nSPS) is 11.3. The van der Waals surface area contributed by atoms with Gasteiger partial charge in [0.2, 0.25) is 0 Å². The lowest BCUT2D eigenvalue weighted by Gasteiger charge is -2.08. The maximum Gasteiger partial charge on any atom is 0.193 e. The molecule has 0 radical (unpaired) electrons. The molecule has 3 nitrogen and oxygen atoms in total. The lowest BCUT2D eigenvalue weighted by Crippen LogP contribution is -2.23. The number of benzene rings is 1. The molecule has 19 heavy (non-hydrogen) atoms. The minimum absolute atomic E-state index is 0. The van der Waals surface area contributed by atoms with Gasteiger partial charge in [-0.2, -0.15) is 0 Å². The summed E-state index contributed by atoms with van der Waals surface area (Å²) in [5, 5.41) is 3.13. The van der Waals surface area contributed by atoms with E-state index >= 15 is 0 Å². The predicted octanol–water partition coefficient (Wildman–Crippen LogP) is 4.08. The number of guanidine groups is 1. The first-order valence-corrected chi connectivity index (χ1v) is 6.63. The Kier molecular flexibility index (Phi) is 8.80. The number of halogens is 1. The summed E-state index contributed by atoms with van der Waals surface area (Å²) in [4.78, 5) is 4.33. The van der Waals surface area contributed by atoms with E-state index in [4.69, 9.17) is 5.73 Å². The first-order valence-electron chi connectivity index (χ1n) is 6.63. The van der Waals surface area contributed by atoms with Gasteiger partial charge in [-0.25, -0.2) is 0 Å². The number of aryl methyl sites for hydroxylation is 2. The SMILES string of the molecule is Cc1ccc(NC(N)=NCCCC(C)C)cc1C.I. The summed E-state index contributed by atoms with van der Waals surface area (Å²) in [5.41, 5.74) is 9.39. The number of hydrogen-bond donors (Lipinski definition) is 2. The van der Waals surface area contributed by atoms with Crippen molar-refractivity contribution < 1.29 is 0 Å². The van der Waals surface area contributed by atoms with E-state index in [-0.39, 0.29) is 24.0 Å². The third kappa shape index (κ3) is 7.40. The average Bonchev–Trinajstić information content (AvgIpc) is 2.29. The van der Waals surface area contributed by atoms with Crippen molar-refractivity contribution in [2.24, 2.45) is 16.6 Å². The standard InChI is InChI=1S/C15H25N3.HI/c1-11(2)6-5-9-17-15(16)18-14-8-7-12(3)13(4)10-14;/h7-8,10-11H,5-6,9H2,1-4H3,(H3,16,17,18);1H. The molecule has 0 spiro atoms. The van der Waals surface area contributed by atoms with Crippen LogP contribution in [-0.4, -0.2) is 12.5 Å². The lowest BCUT2D eigenvalue weighted by molar-refractivity contribution is 0.561. The highest BCUT2D eigenvalue weighted by Gasteiger charge is 1.98. The summed E-state index contributed by atoms with van der Waals surface area (Å²) in [6, 6.07) is 6.20. The number of hydrogen-bond acceptors (Lipinski definition) is 1. The highest BCUT2D eigenvalue weighted by molar-refractivity contribution is 14.0. The van der Waals surface area contributed by atoms with E-state index in [2.05, 4.69) is 50.1 Å². The van der Waals surface area contributed by atoms with Crippen LogP contribution in [0.25, 0.3) is 0 Å². The van der Waals surface area contributed by atoms with Gasteiger partial charge in [0.1, 0.15) is 0 Å². The van der Waals surface area contributed by atoms with Gasteiger partial charge >= 0.3 is 0 Å². The third-order valence-electron chi connectivity index (χ3n) is 3.00. The second-order valence-electron chi connectivity index (χ2n) is 5.23. The summed E-state index contributed by atoms with van der Waals surface area (Å²) >= 11 is 0. The summed E-state index contributed by atoms with van der Waals surface area (Å²) in [6.45, 7) is 9.43. The van der Waals surface area contributed by atoms with Crippen LogP contribution in [0.5, 0.6) is 0 Å². The maximum absolute atomic E-state index is 5.85. The van der Waals surface area contributed by atoms with Gasteiger partial charge in [0.25, 0.3) is 0 Å². The van der Waals surface area contributed by atoms with Crippen molar-refractivity contribution in [1.82, 2.24) is 0 Å². The van der Waals surface area contributed by atoms with E-state index in [1.165, 1.54) is 17.5 Å². The molecule has 0 saturated heterocycles. The Bertz CT molecular complexity index is 414. The molecule has 0 aromatic heterocycles. The first-order chi connectivity index (χ1) is 8.49. The van der Waals surface area contributed by atoms with Crippen molar-refractivity contribution in [3.63, 3.8) is 0 Å². The van der Waals surface area contributed by atoms with Crippen LogP contribution in [0.4, 0.5) is 5.69 Å². The summed E-state index contributed by atoms with van der Waals surface area (Å²) in [7, 11) is 0. The van der Waals surface area contributed by atoms with Gasteiger partial charge in [0.05, 0.1) is 0 Å². The van der Waals surface area contributed by atoms with Gasteiger partial charge in [-0.1, -0.05) is 19.9 Å². The Hall–Kier alpha value is -0.780. The Labute approximate surface area is 134 Å². The van der Waals surface area contributed by atoms with Gasteiger partial charge in [-0.05, 0) is 55.9 Å². The van der Waals surface area contributed by atoms with Crippen molar-refractivity contribution >= 4 is 35.6 Å². The molecule has 108 valence electrons. The molecule has 1 aromatic rings. The summed E-state index contributed by atoms with van der Waals surface area (Å²) < 4.78 is 0. The van der Waals surface area contributed by atoms with E-state index in [9.17, 15) is 0 Å². The molecule has 1 rings (SSSR count). The molecular weight excluding hydrogens is 349 g/mol. The molecule has 0 fully saturated rings. The fourth-order valence-electron chi connectivity index (χ4n) is 1.71. The minimum Gasteiger partial charge on any atom is -0.370 e. The highest BCUT2D eigenvalue weighted by Crippen LogP contribution is 2.13. The van der Waals surface area contributed by atoms with Crippen LogP contribution in [0.1, 0.15) is 37.8 Å². The lowest BCUT2D eigenvalue weighted by atomic mass is 10.1. The Morgan fingerprint density at radius 2 is 1.95 bits per heavy atom. The smallest absolute Gasteiger partial charge is 0.193 e. The van der Waals surface area contributed by atoms with Crippen molar-refractivity contribution in [2.45, 2.75) is 40.5 Å². The molecule has 0 heterocycles. The van der Waals surface area contributed by atoms with Crippen LogP contribution in [0.3, 0.4) is 0 Å². The average molecular weight is 375 g/mol. The zero-order valence-electron chi connectivity index (χ0n) is 12.4. The number of nitrogens with two attached hydrogens (primary N) is 1. The fraction of sp³-hybridized carbons (Fsp3) is 0.533.